The van der Waals surface area contributed by atoms with Gasteiger partial charge in [0.05, 0.1) is 29.7 Å². The lowest BCUT2D eigenvalue weighted by atomic mass is 10.1. The highest BCUT2D eigenvalue weighted by atomic mass is 19.3. The predicted octanol–water partition coefficient (Wildman–Crippen LogP) is 2.27. The molecule has 3 heterocycles. The Balaban J connectivity index is 1.79. The van der Waals surface area contributed by atoms with Gasteiger partial charge in [0.15, 0.2) is 0 Å². The quantitative estimate of drug-likeness (QED) is 0.647. The molecule has 0 radical (unpaired) electrons. The summed E-state index contributed by atoms with van der Waals surface area (Å²) in [6.07, 6.45) is 2.73. The van der Waals surface area contributed by atoms with E-state index < -0.39 is 35.7 Å². The SMILES string of the molecule is O=C(N[C@@H]1CCC[C@H]1O)c1cc(-c2ccc(C(F)F)nc2)nn(-c2cccnc2)c1=O. The molecule has 3 aromatic rings. The Morgan fingerprint density at radius 2 is 2.06 bits per heavy atom. The molecule has 8 nitrogen and oxygen atoms in total. The molecule has 1 fully saturated rings. The minimum absolute atomic E-state index is 0.189. The number of alkyl halides is 2. The summed E-state index contributed by atoms with van der Waals surface area (Å²) in [7, 11) is 0. The van der Waals surface area contributed by atoms with E-state index in [1.165, 1.54) is 30.7 Å². The molecule has 3 aromatic heterocycles. The first-order valence-electron chi connectivity index (χ1n) is 9.72. The Morgan fingerprint density at radius 3 is 2.68 bits per heavy atom. The zero-order valence-corrected chi connectivity index (χ0v) is 16.3. The fourth-order valence-corrected chi connectivity index (χ4v) is 3.49. The van der Waals surface area contributed by atoms with Crippen LogP contribution in [0.15, 0.2) is 53.7 Å². The smallest absolute Gasteiger partial charge is 0.284 e. The molecule has 2 N–H and O–H groups in total. The summed E-state index contributed by atoms with van der Waals surface area (Å²) in [6.45, 7) is 0. The van der Waals surface area contributed by atoms with E-state index in [0.29, 0.717) is 24.1 Å². The first kappa shape index (κ1) is 20.7. The number of hydrogen-bond acceptors (Lipinski definition) is 6. The standard InChI is InChI=1S/C21H19F2N5O3/c22-19(23)16-7-6-12(10-25-16)17-9-14(20(30)26-15-4-1-5-18(15)29)21(31)28(27-17)13-3-2-8-24-11-13/h2-3,6-11,15,18-19,29H,1,4-5H2,(H,26,30)/t15-,18-/m1/s1. The highest BCUT2D eigenvalue weighted by Gasteiger charge is 2.28. The maximum absolute atomic E-state index is 13.0. The fraction of sp³-hybridized carbons (Fsp3) is 0.286. The molecule has 10 heteroatoms. The Hall–Kier alpha value is -3.53. The van der Waals surface area contributed by atoms with E-state index in [0.717, 1.165) is 17.2 Å². The maximum Gasteiger partial charge on any atom is 0.284 e. The molecular formula is C21H19F2N5O3. The van der Waals surface area contributed by atoms with Crippen molar-refractivity contribution in [2.75, 3.05) is 0 Å². The van der Waals surface area contributed by atoms with Crippen LogP contribution in [0.3, 0.4) is 0 Å². The second-order valence-electron chi connectivity index (χ2n) is 7.22. The molecule has 0 spiro atoms. The number of aliphatic hydroxyl groups is 1. The number of pyridine rings is 2. The number of nitrogens with one attached hydrogen (secondary N) is 1. The summed E-state index contributed by atoms with van der Waals surface area (Å²) in [5.74, 6) is -0.644. The first-order chi connectivity index (χ1) is 14.9. The van der Waals surface area contributed by atoms with Crippen LogP contribution in [0.5, 0.6) is 0 Å². The van der Waals surface area contributed by atoms with Crippen molar-refractivity contribution < 1.29 is 18.7 Å². The topological polar surface area (TPSA) is 110 Å². The van der Waals surface area contributed by atoms with Crippen LogP contribution in [0.25, 0.3) is 16.9 Å². The van der Waals surface area contributed by atoms with Crippen molar-refractivity contribution in [1.29, 1.82) is 0 Å². The molecule has 0 saturated heterocycles. The molecule has 0 unspecified atom stereocenters. The third-order valence-electron chi connectivity index (χ3n) is 5.15. The van der Waals surface area contributed by atoms with E-state index in [9.17, 15) is 23.5 Å². The number of hydrogen-bond donors (Lipinski definition) is 2. The average molecular weight is 427 g/mol. The normalized spacial score (nSPS) is 18.3. The van der Waals surface area contributed by atoms with E-state index in [1.807, 2.05) is 0 Å². The lowest BCUT2D eigenvalue weighted by Gasteiger charge is -2.17. The summed E-state index contributed by atoms with van der Waals surface area (Å²) >= 11 is 0. The van der Waals surface area contributed by atoms with Gasteiger partial charge in [0.2, 0.25) is 0 Å². The number of amides is 1. The van der Waals surface area contributed by atoms with E-state index in [1.54, 1.807) is 12.1 Å². The minimum atomic E-state index is -2.72. The van der Waals surface area contributed by atoms with Gasteiger partial charge in [-0.2, -0.15) is 9.78 Å². The molecule has 0 bridgehead atoms. The van der Waals surface area contributed by atoms with Crippen LogP contribution in [-0.4, -0.2) is 42.9 Å². The monoisotopic (exact) mass is 427 g/mol. The van der Waals surface area contributed by atoms with Crippen molar-refractivity contribution >= 4 is 5.91 Å². The van der Waals surface area contributed by atoms with Gasteiger partial charge in [0.25, 0.3) is 17.9 Å². The largest absolute Gasteiger partial charge is 0.391 e. The van der Waals surface area contributed by atoms with Crippen LogP contribution in [-0.2, 0) is 0 Å². The first-order valence-corrected chi connectivity index (χ1v) is 9.72. The van der Waals surface area contributed by atoms with Crippen LogP contribution in [0, 0.1) is 0 Å². The van der Waals surface area contributed by atoms with Crippen LogP contribution in [0.2, 0.25) is 0 Å². The molecular weight excluding hydrogens is 408 g/mol. The van der Waals surface area contributed by atoms with Crippen molar-refractivity contribution in [3.63, 3.8) is 0 Å². The fourth-order valence-electron chi connectivity index (χ4n) is 3.49. The van der Waals surface area contributed by atoms with Gasteiger partial charge in [0.1, 0.15) is 11.3 Å². The van der Waals surface area contributed by atoms with Gasteiger partial charge in [-0.05, 0) is 49.6 Å². The van der Waals surface area contributed by atoms with Crippen LogP contribution in [0.4, 0.5) is 8.78 Å². The zero-order chi connectivity index (χ0) is 22.0. The van der Waals surface area contributed by atoms with Crippen molar-refractivity contribution in [2.45, 2.75) is 37.8 Å². The van der Waals surface area contributed by atoms with E-state index >= 15 is 0 Å². The van der Waals surface area contributed by atoms with Gasteiger partial charge in [-0.25, -0.2) is 8.78 Å². The Bertz CT molecular complexity index is 1140. The molecule has 1 aliphatic carbocycles. The molecule has 1 saturated carbocycles. The van der Waals surface area contributed by atoms with Gasteiger partial charge in [-0.3, -0.25) is 19.6 Å². The number of aromatic nitrogens is 4. The summed E-state index contributed by atoms with van der Waals surface area (Å²) < 4.78 is 26.7. The summed E-state index contributed by atoms with van der Waals surface area (Å²) in [5.41, 5.74) is -0.352. The number of aliphatic hydroxyl groups excluding tert-OH is 1. The highest BCUT2D eigenvalue weighted by Crippen LogP contribution is 2.22. The molecule has 1 aliphatic rings. The molecule has 0 aliphatic heterocycles. The van der Waals surface area contributed by atoms with Crippen LogP contribution < -0.4 is 10.9 Å². The number of nitrogens with zero attached hydrogens (tertiary/aromatic N) is 4. The lowest BCUT2D eigenvalue weighted by molar-refractivity contribution is 0.0871. The maximum atomic E-state index is 13.0. The van der Waals surface area contributed by atoms with Crippen molar-refractivity contribution in [2.24, 2.45) is 0 Å². The average Bonchev–Trinajstić information content (AvgIpc) is 3.18. The van der Waals surface area contributed by atoms with Crippen molar-refractivity contribution in [3.05, 3.63) is 70.5 Å². The van der Waals surface area contributed by atoms with Gasteiger partial charge < -0.3 is 10.4 Å². The van der Waals surface area contributed by atoms with E-state index in [4.69, 9.17) is 0 Å². The Kier molecular flexibility index (Phi) is 5.81. The number of rotatable bonds is 5. The van der Waals surface area contributed by atoms with E-state index in [-0.39, 0.29) is 11.3 Å². The molecule has 0 aromatic carbocycles. The number of halogens is 2. The van der Waals surface area contributed by atoms with Gasteiger partial charge >= 0.3 is 0 Å². The highest BCUT2D eigenvalue weighted by molar-refractivity contribution is 5.95. The van der Waals surface area contributed by atoms with Gasteiger partial charge in [-0.15, -0.1) is 0 Å². The zero-order valence-electron chi connectivity index (χ0n) is 16.3. The Labute approximate surface area is 175 Å². The summed E-state index contributed by atoms with van der Waals surface area (Å²) in [6, 6.07) is 6.63. The molecule has 31 heavy (non-hydrogen) atoms. The lowest BCUT2D eigenvalue weighted by Crippen LogP contribution is -2.42. The van der Waals surface area contributed by atoms with Crippen LogP contribution in [0.1, 0.15) is 41.7 Å². The number of carbonyl (C=O) groups is 1. The molecule has 1 amide bonds. The second-order valence-corrected chi connectivity index (χ2v) is 7.22. The molecule has 2 atom stereocenters. The third-order valence-corrected chi connectivity index (χ3v) is 5.15. The predicted molar refractivity (Wildman–Crippen MR) is 107 cm³/mol. The third kappa shape index (κ3) is 4.33. The minimum Gasteiger partial charge on any atom is -0.391 e. The molecule has 160 valence electrons. The molecule has 4 rings (SSSR count). The van der Waals surface area contributed by atoms with Crippen molar-refractivity contribution in [3.8, 4) is 16.9 Å². The van der Waals surface area contributed by atoms with Crippen LogP contribution >= 0.6 is 0 Å². The summed E-state index contributed by atoms with van der Waals surface area (Å²) in [5, 5.41) is 17.0. The summed E-state index contributed by atoms with van der Waals surface area (Å²) in [4.78, 5) is 33.6. The van der Waals surface area contributed by atoms with Crippen molar-refractivity contribution in [1.82, 2.24) is 25.1 Å². The van der Waals surface area contributed by atoms with Gasteiger partial charge in [-0.1, -0.05) is 0 Å². The number of carbonyl (C=O) groups excluding carboxylic acids is 1. The Morgan fingerprint density at radius 1 is 1.23 bits per heavy atom. The van der Waals surface area contributed by atoms with Gasteiger partial charge in [0, 0.05) is 18.0 Å². The van der Waals surface area contributed by atoms with E-state index in [2.05, 4.69) is 20.4 Å². The second kappa shape index (κ2) is 8.68.